The molecule has 1 aromatic heterocycles. The molecule has 0 saturated heterocycles. The van der Waals surface area contributed by atoms with E-state index >= 15 is 0 Å². The lowest BCUT2D eigenvalue weighted by Crippen LogP contribution is -2.14. The normalized spacial score (nSPS) is 11.2. The summed E-state index contributed by atoms with van der Waals surface area (Å²) in [5.74, 6) is 1.39. The largest absolute Gasteiger partial charge is 0.497 e. The fraction of sp³-hybridized carbons (Fsp3) is 0.238. The van der Waals surface area contributed by atoms with E-state index in [4.69, 9.17) is 14.6 Å². The monoisotopic (exact) mass is 428 g/mol. The quantitative estimate of drug-likeness (QED) is 0.567. The van der Waals surface area contributed by atoms with Crippen LogP contribution in [-0.4, -0.2) is 39.2 Å². The molecule has 0 amide bonds. The smallest absolute Gasteiger partial charge is 0.318 e. The third-order valence-corrected chi connectivity index (χ3v) is 5.69. The molecule has 9 heteroatoms. The molecule has 0 unspecified atom stereocenters. The average molecular weight is 429 g/mol. The Morgan fingerprint density at radius 3 is 2.40 bits per heavy atom. The molecule has 3 aromatic rings. The molecule has 30 heavy (non-hydrogen) atoms. The number of methoxy groups -OCH3 is 2. The molecular formula is C21H24N4O4S. The van der Waals surface area contributed by atoms with Gasteiger partial charge in [0.15, 0.2) is 0 Å². The number of anilines is 1. The van der Waals surface area contributed by atoms with Gasteiger partial charge in [-0.1, -0.05) is 24.3 Å². The molecule has 0 aliphatic rings. The molecule has 0 spiro atoms. The van der Waals surface area contributed by atoms with Crippen LogP contribution in [0.2, 0.25) is 0 Å². The zero-order chi connectivity index (χ0) is 21.7. The molecule has 0 aliphatic heterocycles. The molecule has 0 aliphatic carbocycles. The van der Waals surface area contributed by atoms with Gasteiger partial charge < -0.3 is 14.8 Å². The molecule has 8 nitrogen and oxygen atoms in total. The average Bonchev–Trinajstić information content (AvgIpc) is 2.73. The second kappa shape index (κ2) is 9.10. The van der Waals surface area contributed by atoms with E-state index in [1.165, 1.54) is 13.2 Å². The molecule has 0 bridgehead atoms. The van der Waals surface area contributed by atoms with E-state index in [9.17, 15) is 8.42 Å². The van der Waals surface area contributed by atoms with E-state index in [-0.39, 0.29) is 10.9 Å². The van der Waals surface area contributed by atoms with E-state index in [0.717, 1.165) is 17.7 Å². The molecule has 3 rings (SSSR count). The number of sulfonamides is 1. The van der Waals surface area contributed by atoms with E-state index in [2.05, 4.69) is 15.3 Å². The van der Waals surface area contributed by atoms with Gasteiger partial charge in [0, 0.05) is 18.2 Å². The van der Waals surface area contributed by atoms with Gasteiger partial charge in [-0.3, -0.25) is 0 Å². The highest BCUT2D eigenvalue weighted by Gasteiger charge is 2.16. The summed E-state index contributed by atoms with van der Waals surface area (Å²) in [6.07, 6.45) is 0.783. The van der Waals surface area contributed by atoms with Crippen LogP contribution in [0.15, 0.2) is 53.4 Å². The molecule has 2 aromatic carbocycles. The molecule has 3 N–H and O–H groups in total. The van der Waals surface area contributed by atoms with Crippen molar-refractivity contribution in [1.29, 1.82) is 0 Å². The zero-order valence-electron chi connectivity index (χ0n) is 17.0. The van der Waals surface area contributed by atoms with Gasteiger partial charge in [0.25, 0.3) is 0 Å². The van der Waals surface area contributed by atoms with Crippen molar-refractivity contribution in [2.45, 2.75) is 18.2 Å². The summed E-state index contributed by atoms with van der Waals surface area (Å²) in [5.41, 5.74) is 2.85. The first-order valence-corrected chi connectivity index (χ1v) is 10.8. The van der Waals surface area contributed by atoms with Crippen molar-refractivity contribution in [3.05, 3.63) is 59.7 Å². The summed E-state index contributed by atoms with van der Waals surface area (Å²) >= 11 is 0. The highest BCUT2D eigenvalue weighted by molar-refractivity contribution is 7.89. The van der Waals surface area contributed by atoms with Crippen LogP contribution < -0.4 is 19.9 Å². The van der Waals surface area contributed by atoms with Crippen LogP contribution in [0.5, 0.6) is 11.8 Å². The number of ether oxygens (including phenoxy) is 2. The Labute approximate surface area is 176 Å². The summed E-state index contributed by atoms with van der Waals surface area (Å²) in [5, 5.41) is 8.59. The molecule has 0 atom stereocenters. The molecule has 0 radical (unpaired) electrons. The first-order valence-electron chi connectivity index (χ1n) is 9.24. The van der Waals surface area contributed by atoms with Crippen LogP contribution in [0, 0.1) is 6.92 Å². The van der Waals surface area contributed by atoms with Crippen molar-refractivity contribution in [3.8, 4) is 23.0 Å². The van der Waals surface area contributed by atoms with Gasteiger partial charge in [0.05, 0.1) is 24.8 Å². The molecule has 158 valence electrons. The number of hydrogen-bond donors (Lipinski definition) is 2. The van der Waals surface area contributed by atoms with Gasteiger partial charge in [0.2, 0.25) is 10.0 Å². The van der Waals surface area contributed by atoms with Crippen LogP contribution in [0.3, 0.4) is 0 Å². The van der Waals surface area contributed by atoms with Crippen molar-refractivity contribution in [3.63, 3.8) is 0 Å². The summed E-state index contributed by atoms with van der Waals surface area (Å²) in [6, 6.07) is 14.7. The summed E-state index contributed by atoms with van der Waals surface area (Å²) < 4.78 is 34.1. The Morgan fingerprint density at radius 1 is 1.03 bits per heavy atom. The number of nitrogens with two attached hydrogens (primary N) is 1. The van der Waals surface area contributed by atoms with Crippen LogP contribution in [-0.2, 0) is 16.4 Å². The first kappa shape index (κ1) is 21.5. The number of nitrogens with zero attached hydrogens (tertiary/aromatic N) is 2. The van der Waals surface area contributed by atoms with Gasteiger partial charge in [-0.05, 0) is 42.7 Å². The Balaban J connectivity index is 1.83. The van der Waals surface area contributed by atoms with Crippen molar-refractivity contribution >= 4 is 15.8 Å². The second-order valence-electron chi connectivity index (χ2n) is 6.62. The lowest BCUT2D eigenvalue weighted by atomic mass is 10.1. The van der Waals surface area contributed by atoms with Gasteiger partial charge in [-0.15, -0.1) is 0 Å². The van der Waals surface area contributed by atoms with E-state index in [1.807, 2.05) is 24.3 Å². The third kappa shape index (κ3) is 5.05. The predicted molar refractivity (Wildman–Crippen MR) is 115 cm³/mol. The van der Waals surface area contributed by atoms with Gasteiger partial charge >= 0.3 is 6.01 Å². The van der Waals surface area contributed by atoms with E-state index in [0.29, 0.717) is 29.2 Å². The van der Waals surface area contributed by atoms with E-state index < -0.39 is 10.0 Å². The Kier molecular flexibility index (Phi) is 6.53. The van der Waals surface area contributed by atoms with Crippen LogP contribution in [0.25, 0.3) is 11.3 Å². The Bertz CT molecular complexity index is 1130. The van der Waals surface area contributed by atoms with Crippen molar-refractivity contribution < 1.29 is 17.9 Å². The molecule has 0 saturated carbocycles. The second-order valence-corrected chi connectivity index (χ2v) is 8.15. The third-order valence-electron chi connectivity index (χ3n) is 4.63. The van der Waals surface area contributed by atoms with Crippen molar-refractivity contribution in [1.82, 2.24) is 9.97 Å². The minimum atomic E-state index is -3.84. The first-order chi connectivity index (χ1) is 14.3. The summed E-state index contributed by atoms with van der Waals surface area (Å²) in [4.78, 5) is 8.76. The fourth-order valence-electron chi connectivity index (χ4n) is 3.07. The number of hydrogen-bond acceptors (Lipinski definition) is 7. The van der Waals surface area contributed by atoms with Gasteiger partial charge in [-0.2, -0.15) is 9.97 Å². The van der Waals surface area contributed by atoms with Gasteiger partial charge in [-0.25, -0.2) is 13.6 Å². The van der Waals surface area contributed by atoms with Crippen LogP contribution >= 0.6 is 0 Å². The highest BCUT2D eigenvalue weighted by Crippen LogP contribution is 2.28. The number of benzene rings is 2. The number of nitrogens with one attached hydrogen (secondary N) is 1. The minimum Gasteiger partial charge on any atom is -0.497 e. The molecular weight excluding hydrogens is 404 g/mol. The van der Waals surface area contributed by atoms with Crippen molar-refractivity contribution in [2.24, 2.45) is 5.14 Å². The van der Waals surface area contributed by atoms with Crippen LogP contribution in [0.4, 0.5) is 5.82 Å². The molecule has 0 fully saturated rings. The maximum atomic E-state index is 11.8. The minimum absolute atomic E-state index is 0.0617. The number of primary sulfonamides is 1. The summed E-state index contributed by atoms with van der Waals surface area (Å²) in [6.45, 7) is 2.34. The Morgan fingerprint density at radius 2 is 1.77 bits per heavy atom. The van der Waals surface area contributed by atoms with Crippen LogP contribution in [0.1, 0.15) is 11.1 Å². The number of aromatic nitrogens is 2. The summed E-state index contributed by atoms with van der Waals surface area (Å²) in [7, 11) is -0.723. The highest BCUT2D eigenvalue weighted by atomic mass is 32.2. The topological polar surface area (TPSA) is 116 Å². The molecule has 1 heterocycles. The zero-order valence-corrected chi connectivity index (χ0v) is 17.9. The van der Waals surface area contributed by atoms with Gasteiger partial charge in [0.1, 0.15) is 11.6 Å². The predicted octanol–water partition coefficient (Wildman–Crippen LogP) is 2.77. The van der Waals surface area contributed by atoms with E-state index in [1.54, 1.807) is 32.2 Å². The SMILES string of the molecule is COc1ccc(CCNc2cc(-c3cccc(S(N)(=O)=O)c3C)nc(OC)n2)cc1. The standard InChI is InChI=1S/C21H24N4O4S/c1-14-17(5-4-6-19(14)30(22,26)27)18-13-20(25-21(24-18)29-3)23-12-11-15-7-9-16(28-2)10-8-15/h4-10,13H,11-12H2,1-3H3,(H2,22,26,27)(H,23,24,25). The fourth-order valence-corrected chi connectivity index (χ4v) is 3.88. The maximum Gasteiger partial charge on any atom is 0.318 e. The Hall–Kier alpha value is -3.17. The lowest BCUT2D eigenvalue weighted by molar-refractivity contribution is 0.381. The number of rotatable bonds is 8. The lowest BCUT2D eigenvalue weighted by Gasteiger charge is -2.12. The maximum absolute atomic E-state index is 11.8. The van der Waals surface area contributed by atoms with Crippen molar-refractivity contribution in [2.75, 3.05) is 26.1 Å².